The molecule has 0 bridgehead atoms. The molecule has 0 saturated heterocycles. The number of hydrogen-bond acceptors (Lipinski definition) is 3. The van der Waals surface area contributed by atoms with Gasteiger partial charge in [-0.2, -0.15) is 0 Å². The maximum Gasteiger partial charge on any atom is 0.264 e. The first kappa shape index (κ1) is 18.8. The van der Waals surface area contributed by atoms with Gasteiger partial charge in [0.1, 0.15) is 5.76 Å². The molecule has 0 atom stereocenters. The van der Waals surface area contributed by atoms with Crippen LogP contribution in [0.2, 0.25) is 0 Å². The van der Waals surface area contributed by atoms with Gasteiger partial charge in [0, 0.05) is 13.0 Å². The highest BCUT2D eigenvalue weighted by Gasteiger charge is 2.21. The topological polar surface area (TPSA) is 50.5 Å². The minimum atomic E-state index is -3.67. The molecule has 2 aromatic carbocycles. The molecule has 0 unspecified atom stereocenters. The molecule has 0 aliphatic carbocycles. The predicted molar refractivity (Wildman–Crippen MR) is 106 cm³/mol. The van der Waals surface area contributed by atoms with Crippen LogP contribution in [-0.4, -0.2) is 19.3 Å². The van der Waals surface area contributed by atoms with Gasteiger partial charge < -0.3 is 4.42 Å². The number of aryl methyl sites for hydroxylation is 1. The minimum Gasteiger partial charge on any atom is -0.469 e. The van der Waals surface area contributed by atoms with Gasteiger partial charge in [0.25, 0.3) is 10.0 Å². The van der Waals surface area contributed by atoms with E-state index in [9.17, 15) is 8.42 Å². The van der Waals surface area contributed by atoms with Crippen molar-refractivity contribution in [3.05, 3.63) is 102 Å². The van der Waals surface area contributed by atoms with Crippen LogP contribution in [0.3, 0.4) is 0 Å². The molecule has 0 aliphatic rings. The van der Waals surface area contributed by atoms with Crippen LogP contribution in [0.1, 0.15) is 16.9 Å². The molecule has 3 rings (SSSR count). The molecule has 0 spiro atoms. The summed E-state index contributed by atoms with van der Waals surface area (Å²) in [6.07, 6.45) is 5.29. The van der Waals surface area contributed by atoms with Gasteiger partial charge in [0.2, 0.25) is 0 Å². The van der Waals surface area contributed by atoms with Crippen LogP contribution in [0.5, 0.6) is 0 Å². The maximum atomic E-state index is 13.1. The summed E-state index contributed by atoms with van der Waals surface area (Å²) >= 11 is 0. The van der Waals surface area contributed by atoms with Gasteiger partial charge in [0.15, 0.2) is 0 Å². The van der Waals surface area contributed by atoms with Gasteiger partial charge in [-0.15, -0.1) is 5.73 Å². The molecule has 3 aromatic rings. The number of sulfonamides is 1. The van der Waals surface area contributed by atoms with Crippen LogP contribution in [0.25, 0.3) is 6.08 Å². The van der Waals surface area contributed by atoms with Crippen LogP contribution in [0.15, 0.2) is 94.2 Å². The second kappa shape index (κ2) is 8.58. The molecule has 0 amide bonds. The van der Waals surface area contributed by atoms with E-state index in [1.54, 1.807) is 42.7 Å². The number of furan rings is 1. The number of nitrogens with zero attached hydrogens (tertiary/aromatic N) is 1. The first-order chi connectivity index (χ1) is 13.1. The van der Waals surface area contributed by atoms with E-state index in [1.165, 1.54) is 10.5 Å². The monoisotopic (exact) mass is 379 g/mol. The first-order valence-electron chi connectivity index (χ1n) is 8.64. The molecule has 0 aliphatic heterocycles. The van der Waals surface area contributed by atoms with E-state index in [-0.39, 0.29) is 11.4 Å². The zero-order valence-corrected chi connectivity index (χ0v) is 15.9. The van der Waals surface area contributed by atoms with Gasteiger partial charge in [0.05, 0.1) is 17.4 Å². The van der Waals surface area contributed by atoms with Crippen LogP contribution < -0.4 is 0 Å². The van der Waals surface area contributed by atoms with Crippen LogP contribution in [0, 0.1) is 6.92 Å². The Bertz CT molecular complexity index is 1010. The summed E-state index contributed by atoms with van der Waals surface area (Å²) in [6, 6.07) is 20.1. The van der Waals surface area contributed by atoms with Gasteiger partial charge >= 0.3 is 0 Å². The zero-order chi connectivity index (χ0) is 19.1. The Kier molecular flexibility index (Phi) is 5.97. The van der Waals surface area contributed by atoms with Crippen LogP contribution in [0.4, 0.5) is 0 Å². The largest absolute Gasteiger partial charge is 0.469 e. The van der Waals surface area contributed by atoms with Gasteiger partial charge in [-0.1, -0.05) is 48.0 Å². The van der Waals surface area contributed by atoms with Crippen molar-refractivity contribution in [2.75, 3.05) is 6.54 Å². The SMILES string of the molecule is Cc1ccc(S(=O)(=O)N(C=C=Cc2ccccc2)CCc2ccco2)cc1. The maximum absolute atomic E-state index is 13.1. The third-order valence-corrected chi connectivity index (χ3v) is 5.83. The second-order valence-electron chi connectivity index (χ2n) is 6.11. The van der Waals surface area contributed by atoms with Gasteiger partial charge in [-0.05, 0) is 42.8 Å². The molecule has 138 valence electrons. The lowest BCUT2D eigenvalue weighted by Gasteiger charge is -2.19. The van der Waals surface area contributed by atoms with E-state index < -0.39 is 10.0 Å². The molecular weight excluding hydrogens is 358 g/mol. The molecule has 4 nitrogen and oxygen atoms in total. The average molecular weight is 379 g/mol. The van der Waals surface area contributed by atoms with Gasteiger partial charge in [-0.25, -0.2) is 8.42 Å². The van der Waals surface area contributed by atoms with Crippen molar-refractivity contribution < 1.29 is 12.8 Å². The summed E-state index contributed by atoms with van der Waals surface area (Å²) in [6.45, 7) is 2.19. The Morgan fingerprint density at radius 2 is 1.74 bits per heavy atom. The summed E-state index contributed by atoms with van der Waals surface area (Å²) < 4.78 is 32.7. The van der Waals surface area contributed by atoms with E-state index in [2.05, 4.69) is 5.73 Å². The molecule has 1 heterocycles. The molecule has 0 N–H and O–H groups in total. The number of benzene rings is 2. The fraction of sp³-hybridized carbons (Fsp3) is 0.136. The first-order valence-corrected chi connectivity index (χ1v) is 10.1. The van der Waals surface area contributed by atoms with Crippen molar-refractivity contribution in [1.82, 2.24) is 4.31 Å². The van der Waals surface area contributed by atoms with E-state index in [4.69, 9.17) is 4.42 Å². The van der Waals surface area contributed by atoms with E-state index in [0.717, 1.165) is 16.9 Å². The Morgan fingerprint density at radius 1 is 1.00 bits per heavy atom. The van der Waals surface area contributed by atoms with Crippen molar-refractivity contribution in [2.24, 2.45) is 0 Å². The highest BCUT2D eigenvalue weighted by Crippen LogP contribution is 2.18. The van der Waals surface area contributed by atoms with Crippen molar-refractivity contribution >= 4 is 16.1 Å². The Balaban J connectivity index is 1.88. The third-order valence-electron chi connectivity index (χ3n) is 4.05. The standard InChI is InChI=1S/C22H21NO3S/c1-19-11-13-22(14-12-19)27(24,25)23(17-15-21-10-6-18-26-21)16-5-9-20-7-3-2-4-8-20/h2-4,6-14,16,18H,15,17H2,1H3. The zero-order valence-electron chi connectivity index (χ0n) is 15.1. The number of hydrogen-bond donors (Lipinski definition) is 0. The van der Waals surface area contributed by atoms with E-state index in [0.29, 0.717) is 6.42 Å². The molecule has 1 aromatic heterocycles. The van der Waals surface area contributed by atoms with E-state index in [1.807, 2.05) is 43.3 Å². The van der Waals surface area contributed by atoms with Crippen molar-refractivity contribution in [3.63, 3.8) is 0 Å². The summed E-state index contributed by atoms with van der Waals surface area (Å²) in [4.78, 5) is 0.255. The molecule has 27 heavy (non-hydrogen) atoms. The Labute approximate surface area is 160 Å². The summed E-state index contributed by atoms with van der Waals surface area (Å²) in [7, 11) is -3.67. The predicted octanol–water partition coefficient (Wildman–Crippen LogP) is 4.65. The minimum absolute atomic E-state index is 0.255. The average Bonchev–Trinajstić information content (AvgIpc) is 3.19. The fourth-order valence-electron chi connectivity index (χ4n) is 2.54. The third kappa shape index (κ3) is 5.00. The summed E-state index contributed by atoms with van der Waals surface area (Å²) in [5.74, 6) is 0.736. The van der Waals surface area contributed by atoms with Crippen molar-refractivity contribution in [2.45, 2.75) is 18.2 Å². The summed E-state index contributed by atoms with van der Waals surface area (Å²) in [5, 5.41) is 0. The number of rotatable bonds is 7. The molecule has 0 fully saturated rings. The highest BCUT2D eigenvalue weighted by atomic mass is 32.2. The van der Waals surface area contributed by atoms with Crippen LogP contribution in [-0.2, 0) is 16.4 Å². The lowest BCUT2D eigenvalue weighted by molar-refractivity contribution is 0.460. The highest BCUT2D eigenvalue weighted by molar-refractivity contribution is 7.89. The van der Waals surface area contributed by atoms with E-state index >= 15 is 0 Å². The van der Waals surface area contributed by atoms with Crippen molar-refractivity contribution in [1.29, 1.82) is 0 Å². The molecule has 0 radical (unpaired) electrons. The summed E-state index contributed by atoms with van der Waals surface area (Å²) in [5.41, 5.74) is 4.95. The normalized spacial score (nSPS) is 10.9. The molecule has 5 heteroatoms. The van der Waals surface area contributed by atoms with Crippen molar-refractivity contribution in [3.8, 4) is 0 Å². The second-order valence-corrected chi connectivity index (χ2v) is 8.00. The molecule has 0 saturated carbocycles. The smallest absolute Gasteiger partial charge is 0.264 e. The lowest BCUT2D eigenvalue weighted by Crippen LogP contribution is -2.28. The molecular formula is C22H21NO3S. The quantitative estimate of drug-likeness (QED) is 0.562. The van der Waals surface area contributed by atoms with Gasteiger partial charge in [-0.3, -0.25) is 4.31 Å². The fourth-order valence-corrected chi connectivity index (χ4v) is 3.82. The van der Waals surface area contributed by atoms with Crippen LogP contribution >= 0.6 is 0 Å². The Morgan fingerprint density at radius 3 is 2.41 bits per heavy atom. The Hall–Kier alpha value is -3.01. The lowest BCUT2D eigenvalue weighted by atomic mass is 10.2.